The van der Waals surface area contributed by atoms with Crippen LogP contribution in [0.15, 0.2) is 22.7 Å². The summed E-state index contributed by atoms with van der Waals surface area (Å²) in [7, 11) is 1.56. The van der Waals surface area contributed by atoms with E-state index in [9.17, 15) is 9.90 Å². The number of hydrogen-bond donors (Lipinski definition) is 3. The monoisotopic (exact) mass is 344 g/mol. The van der Waals surface area contributed by atoms with Crippen molar-refractivity contribution in [2.75, 3.05) is 19.0 Å². The van der Waals surface area contributed by atoms with Gasteiger partial charge < -0.3 is 20.5 Å². The van der Waals surface area contributed by atoms with Crippen molar-refractivity contribution in [1.29, 1.82) is 0 Å². The number of benzene rings is 1. The highest BCUT2D eigenvalue weighted by molar-refractivity contribution is 9.10. The number of carbonyl (C=O) groups is 1. The van der Waals surface area contributed by atoms with Gasteiger partial charge in [0.15, 0.2) is 0 Å². The number of halogens is 1. The number of carbonyl (C=O) groups excluding carboxylic acids is 1. The molecule has 1 unspecified atom stereocenters. The molecule has 1 rings (SSSR count). The summed E-state index contributed by atoms with van der Waals surface area (Å²) in [6, 6.07) is 4.92. The van der Waals surface area contributed by atoms with Crippen molar-refractivity contribution in [3.63, 3.8) is 0 Å². The van der Waals surface area contributed by atoms with E-state index in [0.717, 1.165) is 4.47 Å². The number of aliphatic hydroxyl groups is 1. The largest absolute Gasteiger partial charge is 0.495 e. The number of rotatable bonds is 6. The highest BCUT2D eigenvalue weighted by Gasteiger charge is 2.09. The average molecular weight is 345 g/mol. The molecule has 20 heavy (non-hydrogen) atoms. The molecule has 0 aliphatic carbocycles. The molecule has 1 atom stereocenters. The van der Waals surface area contributed by atoms with E-state index in [0.29, 0.717) is 23.8 Å². The van der Waals surface area contributed by atoms with Gasteiger partial charge in [0.2, 0.25) is 0 Å². The molecule has 1 aromatic rings. The smallest absolute Gasteiger partial charge is 0.319 e. The predicted molar refractivity (Wildman–Crippen MR) is 83.2 cm³/mol. The lowest BCUT2D eigenvalue weighted by atomic mass is 10.1. The normalized spacial score (nSPS) is 12.1. The Morgan fingerprint density at radius 2 is 2.15 bits per heavy atom. The molecule has 0 saturated heterocycles. The first-order chi connectivity index (χ1) is 9.42. The molecule has 3 N–H and O–H groups in total. The number of urea groups is 1. The van der Waals surface area contributed by atoms with E-state index in [1.54, 1.807) is 25.3 Å². The lowest BCUT2D eigenvalue weighted by Crippen LogP contribution is -2.35. The average Bonchev–Trinajstić information content (AvgIpc) is 2.38. The van der Waals surface area contributed by atoms with E-state index < -0.39 is 6.10 Å². The second kappa shape index (κ2) is 8.11. The van der Waals surface area contributed by atoms with Crippen LogP contribution in [-0.2, 0) is 0 Å². The number of amides is 2. The Morgan fingerprint density at radius 3 is 2.75 bits per heavy atom. The first-order valence-corrected chi connectivity index (χ1v) is 7.28. The van der Waals surface area contributed by atoms with Crippen LogP contribution < -0.4 is 15.4 Å². The number of aliphatic hydroxyl groups excluding tert-OH is 1. The molecule has 6 heteroatoms. The zero-order chi connectivity index (χ0) is 15.1. The molecule has 2 amide bonds. The minimum absolute atomic E-state index is 0.234. The standard InChI is InChI=1S/C14H21BrN2O3/c1-9(2)6-11(18)8-16-14(19)17-10-4-5-12(15)13(7-10)20-3/h4-5,7,9,11,18H,6,8H2,1-3H3,(H2,16,17,19). The van der Waals surface area contributed by atoms with Crippen molar-refractivity contribution in [1.82, 2.24) is 5.32 Å². The third-order valence-electron chi connectivity index (χ3n) is 2.65. The van der Waals surface area contributed by atoms with Gasteiger partial charge in [-0.05, 0) is 40.4 Å². The van der Waals surface area contributed by atoms with Crippen LogP contribution in [0.25, 0.3) is 0 Å². The summed E-state index contributed by atoms with van der Waals surface area (Å²) in [5, 5.41) is 15.0. The molecule has 0 saturated carbocycles. The Hall–Kier alpha value is -1.27. The first kappa shape index (κ1) is 16.8. The molecule has 0 fully saturated rings. The number of anilines is 1. The Morgan fingerprint density at radius 1 is 1.45 bits per heavy atom. The van der Waals surface area contributed by atoms with Crippen LogP contribution in [0.5, 0.6) is 5.75 Å². The molecule has 0 aliphatic heterocycles. The van der Waals surface area contributed by atoms with Crippen LogP contribution in [-0.4, -0.2) is 30.9 Å². The van der Waals surface area contributed by atoms with Crippen molar-refractivity contribution in [2.45, 2.75) is 26.4 Å². The van der Waals surface area contributed by atoms with Crippen LogP contribution in [0.2, 0.25) is 0 Å². The van der Waals surface area contributed by atoms with Gasteiger partial charge in [-0.2, -0.15) is 0 Å². The van der Waals surface area contributed by atoms with Crippen molar-refractivity contribution in [3.05, 3.63) is 22.7 Å². The fourth-order valence-corrected chi connectivity index (χ4v) is 2.16. The number of hydrogen-bond acceptors (Lipinski definition) is 3. The fraction of sp³-hybridized carbons (Fsp3) is 0.500. The van der Waals surface area contributed by atoms with Gasteiger partial charge >= 0.3 is 6.03 Å². The number of methoxy groups -OCH3 is 1. The third-order valence-corrected chi connectivity index (χ3v) is 3.31. The Kier molecular flexibility index (Phi) is 6.81. The van der Waals surface area contributed by atoms with Gasteiger partial charge in [0, 0.05) is 18.3 Å². The highest BCUT2D eigenvalue weighted by atomic mass is 79.9. The summed E-state index contributed by atoms with van der Waals surface area (Å²) in [4.78, 5) is 11.7. The van der Waals surface area contributed by atoms with Crippen LogP contribution >= 0.6 is 15.9 Å². The lowest BCUT2D eigenvalue weighted by molar-refractivity contribution is 0.148. The van der Waals surface area contributed by atoms with Crippen LogP contribution in [0.1, 0.15) is 20.3 Å². The molecular formula is C14H21BrN2O3. The molecule has 0 bridgehead atoms. The van der Waals surface area contributed by atoms with E-state index in [-0.39, 0.29) is 12.6 Å². The van der Waals surface area contributed by atoms with E-state index in [1.165, 1.54) is 0 Å². The van der Waals surface area contributed by atoms with E-state index in [4.69, 9.17) is 4.74 Å². The Balaban J connectivity index is 2.46. The second-order valence-electron chi connectivity index (χ2n) is 4.97. The topological polar surface area (TPSA) is 70.6 Å². The van der Waals surface area contributed by atoms with Gasteiger partial charge in [0.05, 0.1) is 17.7 Å². The van der Waals surface area contributed by atoms with E-state index in [1.807, 2.05) is 13.8 Å². The number of ether oxygens (including phenoxy) is 1. The van der Waals surface area contributed by atoms with Gasteiger partial charge in [0.1, 0.15) is 5.75 Å². The van der Waals surface area contributed by atoms with E-state index >= 15 is 0 Å². The molecule has 0 heterocycles. The maximum atomic E-state index is 11.7. The van der Waals surface area contributed by atoms with Gasteiger partial charge in [-0.3, -0.25) is 0 Å². The quantitative estimate of drug-likeness (QED) is 0.742. The predicted octanol–water partition coefficient (Wildman–Crippen LogP) is 2.99. The van der Waals surface area contributed by atoms with E-state index in [2.05, 4.69) is 26.6 Å². The van der Waals surface area contributed by atoms with Gasteiger partial charge in [-0.1, -0.05) is 13.8 Å². The zero-order valence-corrected chi connectivity index (χ0v) is 13.5. The van der Waals surface area contributed by atoms with Crippen molar-refractivity contribution in [3.8, 4) is 5.75 Å². The fourth-order valence-electron chi connectivity index (χ4n) is 1.75. The Labute approximate surface area is 127 Å². The first-order valence-electron chi connectivity index (χ1n) is 6.48. The summed E-state index contributed by atoms with van der Waals surface area (Å²) >= 11 is 3.34. The molecule has 5 nitrogen and oxygen atoms in total. The van der Waals surface area contributed by atoms with Crippen molar-refractivity contribution >= 4 is 27.6 Å². The van der Waals surface area contributed by atoms with Gasteiger partial charge in [0.25, 0.3) is 0 Å². The highest BCUT2D eigenvalue weighted by Crippen LogP contribution is 2.27. The van der Waals surface area contributed by atoms with Crippen LogP contribution in [0.4, 0.5) is 10.5 Å². The molecule has 112 valence electrons. The van der Waals surface area contributed by atoms with Crippen molar-refractivity contribution < 1.29 is 14.6 Å². The van der Waals surface area contributed by atoms with Crippen molar-refractivity contribution in [2.24, 2.45) is 5.92 Å². The molecule has 0 aliphatic rings. The summed E-state index contributed by atoms with van der Waals surface area (Å²) in [6.45, 7) is 4.28. The number of nitrogens with one attached hydrogen (secondary N) is 2. The summed E-state index contributed by atoms with van der Waals surface area (Å²) in [6.07, 6.45) is 0.132. The minimum Gasteiger partial charge on any atom is -0.495 e. The SMILES string of the molecule is COc1cc(NC(=O)NCC(O)CC(C)C)ccc1Br. The molecule has 0 aromatic heterocycles. The molecule has 1 aromatic carbocycles. The summed E-state index contributed by atoms with van der Waals surface area (Å²) in [5.74, 6) is 1.04. The summed E-state index contributed by atoms with van der Waals surface area (Å²) < 4.78 is 5.97. The molecular weight excluding hydrogens is 324 g/mol. The van der Waals surface area contributed by atoms with Crippen LogP contribution in [0.3, 0.4) is 0 Å². The van der Waals surface area contributed by atoms with Gasteiger partial charge in [-0.25, -0.2) is 4.79 Å². The molecule has 0 radical (unpaired) electrons. The third kappa shape index (κ3) is 5.79. The maximum Gasteiger partial charge on any atom is 0.319 e. The molecule has 0 spiro atoms. The van der Waals surface area contributed by atoms with Gasteiger partial charge in [-0.15, -0.1) is 0 Å². The van der Waals surface area contributed by atoms with Crippen LogP contribution in [0, 0.1) is 5.92 Å². The Bertz CT molecular complexity index is 452. The maximum absolute atomic E-state index is 11.7. The second-order valence-corrected chi connectivity index (χ2v) is 5.82. The summed E-state index contributed by atoms with van der Waals surface area (Å²) in [5.41, 5.74) is 0.626. The lowest BCUT2D eigenvalue weighted by Gasteiger charge is -2.14. The minimum atomic E-state index is -0.528. The zero-order valence-electron chi connectivity index (χ0n) is 11.9.